The maximum absolute atomic E-state index is 12.0. The maximum atomic E-state index is 12.0. The van der Waals surface area contributed by atoms with Gasteiger partial charge >= 0.3 is 0 Å². The number of nitriles is 1. The lowest BCUT2D eigenvalue weighted by atomic mass is 10.1. The molecule has 0 fully saturated rings. The lowest BCUT2D eigenvalue weighted by molar-refractivity contribution is 0.0965. The molecule has 2 rings (SSSR count). The standard InChI is InChI=1S/C15H16N4OS/c1-9(10-6-4-3-5-7-10)19-15-12(14(20)18-2)13(17)11(8-16)21-15/h3-7,9,19H,17H2,1-2H3,(H,18,20). The number of rotatable bonds is 4. The fourth-order valence-electron chi connectivity index (χ4n) is 2.00. The Labute approximate surface area is 127 Å². The van der Waals surface area contributed by atoms with Crippen molar-refractivity contribution in [1.82, 2.24) is 5.32 Å². The average molecular weight is 300 g/mol. The molecular weight excluding hydrogens is 284 g/mol. The minimum Gasteiger partial charge on any atom is -0.396 e. The van der Waals surface area contributed by atoms with E-state index in [1.807, 2.05) is 43.3 Å². The first-order valence-electron chi connectivity index (χ1n) is 6.44. The molecule has 0 spiro atoms. The van der Waals surface area contributed by atoms with Crippen LogP contribution in [0.2, 0.25) is 0 Å². The first-order chi connectivity index (χ1) is 10.1. The molecule has 0 aliphatic rings. The Morgan fingerprint density at radius 1 is 1.38 bits per heavy atom. The third-order valence-electron chi connectivity index (χ3n) is 3.15. The predicted molar refractivity (Wildman–Crippen MR) is 85.3 cm³/mol. The first kappa shape index (κ1) is 14.9. The van der Waals surface area contributed by atoms with Crippen LogP contribution in [0.4, 0.5) is 10.7 Å². The molecule has 1 aromatic heterocycles. The summed E-state index contributed by atoms with van der Waals surface area (Å²) in [5.74, 6) is -0.298. The molecule has 21 heavy (non-hydrogen) atoms. The summed E-state index contributed by atoms with van der Waals surface area (Å²) in [6, 6.07) is 11.9. The second-order valence-electron chi connectivity index (χ2n) is 4.52. The van der Waals surface area contributed by atoms with Crippen LogP contribution in [0.5, 0.6) is 0 Å². The third-order valence-corrected chi connectivity index (χ3v) is 4.19. The van der Waals surface area contributed by atoms with E-state index in [-0.39, 0.29) is 17.6 Å². The van der Waals surface area contributed by atoms with Gasteiger partial charge in [0, 0.05) is 13.1 Å². The van der Waals surface area contributed by atoms with Crippen molar-refractivity contribution in [2.45, 2.75) is 13.0 Å². The number of anilines is 2. The van der Waals surface area contributed by atoms with Crippen LogP contribution in [-0.2, 0) is 0 Å². The van der Waals surface area contributed by atoms with Gasteiger partial charge in [0.25, 0.3) is 5.91 Å². The van der Waals surface area contributed by atoms with E-state index in [1.54, 1.807) is 0 Å². The van der Waals surface area contributed by atoms with E-state index in [0.717, 1.165) is 5.56 Å². The van der Waals surface area contributed by atoms with Crippen LogP contribution in [0, 0.1) is 11.3 Å². The quantitative estimate of drug-likeness (QED) is 0.809. The summed E-state index contributed by atoms with van der Waals surface area (Å²) in [6.45, 7) is 1.99. The van der Waals surface area contributed by atoms with Gasteiger partial charge in [-0.05, 0) is 12.5 Å². The average Bonchev–Trinajstić information content (AvgIpc) is 2.83. The van der Waals surface area contributed by atoms with Gasteiger partial charge in [-0.25, -0.2) is 0 Å². The molecule has 1 heterocycles. The maximum Gasteiger partial charge on any atom is 0.256 e. The van der Waals surface area contributed by atoms with Crippen molar-refractivity contribution < 1.29 is 4.79 Å². The van der Waals surface area contributed by atoms with Crippen LogP contribution >= 0.6 is 11.3 Å². The summed E-state index contributed by atoms with van der Waals surface area (Å²) < 4.78 is 0. The molecule has 0 saturated carbocycles. The molecule has 108 valence electrons. The van der Waals surface area contributed by atoms with E-state index in [4.69, 9.17) is 11.0 Å². The second kappa shape index (κ2) is 6.29. The van der Waals surface area contributed by atoms with Gasteiger partial charge < -0.3 is 16.4 Å². The third kappa shape index (κ3) is 2.98. The molecular formula is C15H16N4OS. The molecule has 0 bridgehead atoms. The van der Waals surface area contributed by atoms with Gasteiger partial charge in [0.15, 0.2) is 0 Å². The van der Waals surface area contributed by atoms with Crippen LogP contribution < -0.4 is 16.4 Å². The van der Waals surface area contributed by atoms with E-state index in [1.165, 1.54) is 18.4 Å². The molecule has 6 heteroatoms. The Balaban J connectivity index is 2.36. The number of carbonyl (C=O) groups excluding carboxylic acids is 1. The van der Waals surface area contributed by atoms with E-state index in [2.05, 4.69) is 10.6 Å². The van der Waals surface area contributed by atoms with Crippen molar-refractivity contribution in [2.24, 2.45) is 0 Å². The van der Waals surface area contributed by atoms with Crippen molar-refractivity contribution >= 4 is 27.9 Å². The van der Waals surface area contributed by atoms with Crippen LogP contribution in [0.1, 0.15) is 33.8 Å². The van der Waals surface area contributed by atoms with E-state index in [9.17, 15) is 4.79 Å². The summed E-state index contributed by atoms with van der Waals surface area (Å²) in [5, 5.41) is 15.5. The van der Waals surface area contributed by atoms with Gasteiger partial charge in [-0.2, -0.15) is 5.26 Å². The van der Waals surface area contributed by atoms with Gasteiger partial charge in [-0.15, -0.1) is 11.3 Å². The van der Waals surface area contributed by atoms with Gasteiger partial charge in [0.1, 0.15) is 15.9 Å². The number of thiophene rings is 1. The normalized spacial score (nSPS) is 11.5. The number of nitrogen functional groups attached to an aromatic ring is 1. The van der Waals surface area contributed by atoms with Crippen LogP contribution in [0.25, 0.3) is 0 Å². The number of carbonyl (C=O) groups is 1. The molecule has 1 aromatic carbocycles. The van der Waals surface area contributed by atoms with Crippen LogP contribution in [0.15, 0.2) is 30.3 Å². The van der Waals surface area contributed by atoms with Crippen LogP contribution in [0.3, 0.4) is 0 Å². The van der Waals surface area contributed by atoms with Gasteiger partial charge in [-0.3, -0.25) is 4.79 Å². The topological polar surface area (TPSA) is 90.9 Å². The molecule has 4 N–H and O–H groups in total. The number of nitrogens with one attached hydrogen (secondary N) is 2. The van der Waals surface area contributed by atoms with Crippen molar-refractivity contribution in [3.63, 3.8) is 0 Å². The highest BCUT2D eigenvalue weighted by atomic mass is 32.1. The van der Waals surface area contributed by atoms with E-state index < -0.39 is 0 Å². The molecule has 0 radical (unpaired) electrons. The largest absolute Gasteiger partial charge is 0.396 e. The Hall–Kier alpha value is -2.52. The minimum atomic E-state index is -0.298. The van der Waals surface area contributed by atoms with Crippen molar-refractivity contribution in [3.05, 3.63) is 46.3 Å². The lowest BCUT2D eigenvalue weighted by Crippen LogP contribution is -2.20. The monoisotopic (exact) mass is 300 g/mol. The zero-order valence-electron chi connectivity index (χ0n) is 11.8. The van der Waals surface area contributed by atoms with Crippen LogP contribution in [-0.4, -0.2) is 13.0 Å². The zero-order valence-corrected chi connectivity index (χ0v) is 12.6. The molecule has 1 atom stereocenters. The number of hydrogen-bond donors (Lipinski definition) is 3. The first-order valence-corrected chi connectivity index (χ1v) is 7.26. The van der Waals surface area contributed by atoms with Crippen molar-refractivity contribution in [1.29, 1.82) is 5.26 Å². The fraction of sp³-hybridized carbons (Fsp3) is 0.200. The Kier molecular flexibility index (Phi) is 4.45. The Bertz CT molecular complexity index is 688. The molecule has 1 unspecified atom stereocenters. The lowest BCUT2D eigenvalue weighted by Gasteiger charge is -2.15. The van der Waals surface area contributed by atoms with Gasteiger partial charge in [-0.1, -0.05) is 30.3 Å². The highest BCUT2D eigenvalue weighted by Gasteiger charge is 2.22. The summed E-state index contributed by atoms with van der Waals surface area (Å²) in [7, 11) is 1.54. The Morgan fingerprint density at radius 3 is 2.62 bits per heavy atom. The molecule has 0 aliphatic carbocycles. The van der Waals surface area contributed by atoms with Crippen molar-refractivity contribution in [3.8, 4) is 6.07 Å². The highest BCUT2D eigenvalue weighted by molar-refractivity contribution is 7.17. The summed E-state index contributed by atoms with van der Waals surface area (Å²) in [4.78, 5) is 12.3. The number of amides is 1. The Morgan fingerprint density at radius 2 is 2.05 bits per heavy atom. The van der Waals surface area contributed by atoms with E-state index >= 15 is 0 Å². The van der Waals surface area contributed by atoms with Gasteiger partial charge in [0.2, 0.25) is 0 Å². The number of nitrogens with zero attached hydrogens (tertiary/aromatic N) is 1. The van der Waals surface area contributed by atoms with E-state index in [0.29, 0.717) is 15.4 Å². The predicted octanol–water partition coefficient (Wildman–Crippen LogP) is 2.73. The number of benzene rings is 1. The smallest absolute Gasteiger partial charge is 0.256 e. The molecule has 2 aromatic rings. The molecule has 1 amide bonds. The van der Waals surface area contributed by atoms with Crippen molar-refractivity contribution in [2.75, 3.05) is 18.1 Å². The molecule has 0 saturated heterocycles. The number of hydrogen-bond acceptors (Lipinski definition) is 5. The zero-order chi connectivity index (χ0) is 15.4. The second-order valence-corrected chi connectivity index (χ2v) is 5.54. The number of nitrogens with two attached hydrogens (primary N) is 1. The molecule has 5 nitrogen and oxygen atoms in total. The SMILES string of the molecule is CNC(=O)c1c(NC(C)c2ccccc2)sc(C#N)c1N. The summed E-state index contributed by atoms with van der Waals surface area (Å²) in [5.41, 5.74) is 7.54. The van der Waals surface area contributed by atoms with Gasteiger partial charge in [0.05, 0.1) is 11.3 Å². The fourth-order valence-corrected chi connectivity index (χ4v) is 3.00. The minimum absolute atomic E-state index is 0.000742. The summed E-state index contributed by atoms with van der Waals surface area (Å²) >= 11 is 1.19. The molecule has 0 aliphatic heterocycles. The highest BCUT2D eigenvalue weighted by Crippen LogP contribution is 2.37. The summed E-state index contributed by atoms with van der Waals surface area (Å²) in [6.07, 6.45) is 0.